The lowest BCUT2D eigenvalue weighted by molar-refractivity contribution is -0.167. The summed E-state index contributed by atoms with van der Waals surface area (Å²) in [7, 11) is 0. The molecule has 0 aliphatic rings. The summed E-state index contributed by atoms with van der Waals surface area (Å²) in [6.45, 7) is 6.46. The van der Waals surface area contributed by atoms with E-state index in [1.807, 2.05) is 0 Å². The summed E-state index contributed by atoms with van der Waals surface area (Å²) in [4.78, 5) is 37.8. The third-order valence-electron chi connectivity index (χ3n) is 11.8. The topological polar surface area (TPSA) is 78.9 Å². The quantitative estimate of drug-likeness (QED) is 0.0262. The standard InChI is InChI=1S/C63H104O6/c1-4-7-10-13-16-19-20-21-22-23-24-25-26-27-28-29-30-31-32-33-34-35-36-37-38-39-40-41-42-45-47-50-53-56-62(65)68-59-60(69-63(66)57-54-51-48-44-18-15-12-9-6-3)58-67-61(64)55-52-49-46-43-17-14-11-8-5-2/h7,10,16,19,21-22,24-25,27-28,30-31,33-34,36-37,39-40,60H,4-6,8-9,11-15,17-18,20,23,26,29,32,35,38,41-59H2,1-3H3/b10-7-,19-16-,22-21-,25-24-,28-27-,31-30-,34-33-,37-36-,40-39-. The molecular weight excluding hydrogens is 853 g/mol. The van der Waals surface area contributed by atoms with Gasteiger partial charge < -0.3 is 14.2 Å². The monoisotopic (exact) mass is 957 g/mol. The molecule has 0 amide bonds. The van der Waals surface area contributed by atoms with Gasteiger partial charge in [-0.25, -0.2) is 0 Å². The molecule has 0 spiro atoms. The highest BCUT2D eigenvalue weighted by molar-refractivity contribution is 5.71. The molecule has 0 aromatic rings. The molecule has 0 aliphatic heterocycles. The highest BCUT2D eigenvalue weighted by atomic mass is 16.6. The van der Waals surface area contributed by atoms with E-state index >= 15 is 0 Å². The molecule has 69 heavy (non-hydrogen) atoms. The van der Waals surface area contributed by atoms with E-state index in [0.29, 0.717) is 19.3 Å². The largest absolute Gasteiger partial charge is 0.462 e. The number of rotatable bonds is 50. The van der Waals surface area contributed by atoms with Crippen molar-refractivity contribution < 1.29 is 28.6 Å². The molecular formula is C63H104O6. The number of unbranched alkanes of at least 4 members (excludes halogenated alkanes) is 21. The van der Waals surface area contributed by atoms with Crippen molar-refractivity contribution in [3.05, 3.63) is 109 Å². The molecule has 0 aliphatic carbocycles. The highest BCUT2D eigenvalue weighted by Gasteiger charge is 2.19. The average molecular weight is 958 g/mol. The van der Waals surface area contributed by atoms with Crippen molar-refractivity contribution >= 4 is 17.9 Å². The first-order valence-electron chi connectivity index (χ1n) is 28.4. The molecule has 6 heteroatoms. The van der Waals surface area contributed by atoms with Gasteiger partial charge >= 0.3 is 17.9 Å². The number of esters is 3. The Hall–Kier alpha value is -3.93. The second-order valence-electron chi connectivity index (χ2n) is 18.5. The third-order valence-corrected chi connectivity index (χ3v) is 11.8. The number of ether oxygens (including phenoxy) is 3. The molecule has 0 rings (SSSR count). The van der Waals surface area contributed by atoms with Crippen molar-refractivity contribution in [2.24, 2.45) is 0 Å². The van der Waals surface area contributed by atoms with Gasteiger partial charge in [-0.05, 0) is 89.9 Å². The molecule has 0 saturated carbocycles. The SMILES string of the molecule is CC/C=C\C/C=C\C/C=C\C/C=C\C/C=C\C/C=C\C/C=C\C/C=C\C/C=C\CCCCCCCC(=O)OCC(COC(=O)CCCCCCCCCCC)OC(=O)CCCCCCCCCCC. The Balaban J connectivity index is 4.15. The molecule has 0 saturated heterocycles. The van der Waals surface area contributed by atoms with Crippen LogP contribution in [-0.2, 0) is 28.6 Å². The number of allylic oxidation sites excluding steroid dienone is 18. The predicted octanol–water partition coefficient (Wildman–Crippen LogP) is 19.1. The van der Waals surface area contributed by atoms with Gasteiger partial charge in [0.25, 0.3) is 0 Å². The van der Waals surface area contributed by atoms with Gasteiger partial charge in [-0.3, -0.25) is 14.4 Å². The highest BCUT2D eigenvalue weighted by Crippen LogP contribution is 2.14. The van der Waals surface area contributed by atoms with Crippen molar-refractivity contribution in [3.8, 4) is 0 Å². The minimum Gasteiger partial charge on any atom is -0.462 e. The first kappa shape index (κ1) is 65.1. The van der Waals surface area contributed by atoms with Crippen LogP contribution in [0.25, 0.3) is 0 Å². The number of carbonyl (C=O) groups is 3. The fourth-order valence-corrected chi connectivity index (χ4v) is 7.55. The smallest absolute Gasteiger partial charge is 0.306 e. The van der Waals surface area contributed by atoms with Gasteiger partial charge in [0.1, 0.15) is 13.2 Å². The van der Waals surface area contributed by atoms with Crippen LogP contribution in [0.1, 0.15) is 252 Å². The minimum absolute atomic E-state index is 0.0819. The lowest BCUT2D eigenvalue weighted by Gasteiger charge is -2.18. The zero-order valence-electron chi connectivity index (χ0n) is 44.8. The van der Waals surface area contributed by atoms with E-state index < -0.39 is 6.10 Å². The second kappa shape index (κ2) is 56.7. The molecule has 0 bridgehead atoms. The van der Waals surface area contributed by atoms with Gasteiger partial charge in [0, 0.05) is 19.3 Å². The summed E-state index contributed by atoms with van der Waals surface area (Å²) in [5, 5.41) is 0. The van der Waals surface area contributed by atoms with Crippen molar-refractivity contribution in [3.63, 3.8) is 0 Å². The van der Waals surface area contributed by atoms with E-state index in [1.54, 1.807) is 0 Å². The second-order valence-corrected chi connectivity index (χ2v) is 18.5. The van der Waals surface area contributed by atoms with Crippen molar-refractivity contribution in [1.29, 1.82) is 0 Å². The maximum Gasteiger partial charge on any atom is 0.306 e. The lowest BCUT2D eigenvalue weighted by Crippen LogP contribution is -2.30. The zero-order chi connectivity index (χ0) is 50.0. The first-order chi connectivity index (χ1) is 34.0. The van der Waals surface area contributed by atoms with Crippen LogP contribution in [0.2, 0.25) is 0 Å². The van der Waals surface area contributed by atoms with E-state index in [1.165, 1.54) is 77.0 Å². The normalized spacial score (nSPS) is 12.9. The predicted molar refractivity (Wildman–Crippen MR) is 297 cm³/mol. The van der Waals surface area contributed by atoms with Gasteiger partial charge in [0.05, 0.1) is 0 Å². The van der Waals surface area contributed by atoms with E-state index in [9.17, 15) is 14.4 Å². The molecule has 392 valence electrons. The van der Waals surface area contributed by atoms with Gasteiger partial charge in [0.15, 0.2) is 6.10 Å². The van der Waals surface area contributed by atoms with Crippen LogP contribution in [0.15, 0.2) is 109 Å². The third kappa shape index (κ3) is 54.9. The molecule has 0 aromatic carbocycles. The van der Waals surface area contributed by atoms with Crippen LogP contribution in [0, 0.1) is 0 Å². The van der Waals surface area contributed by atoms with Crippen LogP contribution in [0.4, 0.5) is 0 Å². The van der Waals surface area contributed by atoms with Crippen molar-refractivity contribution in [1.82, 2.24) is 0 Å². The zero-order valence-corrected chi connectivity index (χ0v) is 44.8. The fourth-order valence-electron chi connectivity index (χ4n) is 7.55. The maximum absolute atomic E-state index is 12.7. The van der Waals surface area contributed by atoms with E-state index in [4.69, 9.17) is 14.2 Å². The van der Waals surface area contributed by atoms with Gasteiger partial charge in [-0.2, -0.15) is 0 Å². The van der Waals surface area contributed by atoms with E-state index in [0.717, 1.165) is 135 Å². The Labute approximate surface area is 425 Å². The number of hydrogen-bond donors (Lipinski definition) is 0. The lowest BCUT2D eigenvalue weighted by atomic mass is 10.1. The Morgan fingerprint density at radius 3 is 0.884 bits per heavy atom. The van der Waals surface area contributed by atoms with Crippen LogP contribution in [0.5, 0.6) is 0 Å². The Morgan fingerprint density at radius 2 is 0.565 bits per heavy atom. The number of carbonyl (C=O) groups excluding carboxylic acids is 3. The number of hydrogen-bond acceptors (Lipinski definition) is 6. The van der Waals surface area contributed by atoms with Crippen LogP contribution >= 0.6 is 0 Å². The molecule has 6 nitrogen and oxygen atoms in total. The first-order valence-corrected chi connectivity index (χ1v) is 28.4. The van der Waals surface area contributed by atoms with Crippen molar-refractivity contribution in [2.45, 2.75) is 258 Å². The molecule has 1 atom stereocenters. The van der Waals surface area contributed by atoms with E-state index in [-0.39, 0.29) is 31.1 Å². The van der Waals surface area contributed by atoms with E-state index in [2.05, 4.69) is 130 Å². The van der Waals surface area contributed by atoms with Crippen LogP contribution in [0.3, 0.4) is 0 Å². The summed E-state index contributed by atoms with van der Waals surface area (Å²) >= 11 is 0. The molecule has 0 fully saturated rings. The summed E-state index contributed by atoms with van der Waals surface area (Å²) in [5.74, 6) is -0.909. The summed E-state index contributed by atoms with van der Waals surface area (Å²) in [6.07, 6.45) is 76.7. The summed E-state index contributed by atoms with van der Waals surface area (Å²) in [5.41, 5.74) is 0. The Bertz CT molecular complexity index is 1420. The molecule has 0 N–H and O–H groups in total. The summed E-state index contributed by atoms with van der Waals surface area (Å²) in [6, 6.07) is 0. The van der Waals surface area contributed by atoms with Crippen LogP contribution in [-0.4, -0.2) is 37.2 Å². The molecule has 0 heterocycles. The molecule has 0 aromatic heterocycles. The van der Waals surface area contributed by atoms with Gasteiger partial charge in [-0.1, -0.05) is 252 Å². The Morgan fingerprint density at radius 1 is 0.304 bits per heavy atom. The molecule has 1 unspecified atom stereocenters. The van der Waals surface area contributed by atoms with Crippen LogP contribution < -0.4 is 0 Å². The minimum atomic E-state index is -0.780. The maximum atomic E-state index is 12.7. The molecule has 0 radical (unpaired) electrons. The van der Waals surface area contributed by atoms with Crippen molar-refractivity contribution in [2.75, 3.05) is 13.2 Å². The fraction of sp³-hybridized carbons (Fsp3) is 0.667. The summed E-state index contributed by atoms with van der Waals surface area (Å²) < 4.78 is 16.7. The van der Waals surface area contributed by atoms with Gasteiger partial charge in [-0.15, -0.1) is 0 Å². The Kier molecular flexibility index (Phi) is 53.4. The average Bonchev–Trinajstić information content (AvgIpc) is 3.35. The van der Waals surface area contributed by atoms with Gasteiger partial charge in [0.2, 0.25) is 0 Å².